The predicted molar refractivity (Wildman–Crippen MR) is 79.8 cm³/mol. The molecular formula is C14H12ClF3N4. The van der Waals surface area contributed by atoms with Gasteiger partial charge in [0.25, 0.3) is 0 Å². The van der Waals surface area contributed by atoms with E-state index in [1.165, 1.54) is 12.1 Å². The van der Waals surface area contributed by atoms with Crippen LogP contribution >= 0.6 is 11.6 Å². The minimum Gasteiger partial charge on any atom is -0.398 e. The number of amidine groups is 1. The van der Waals surface area contributed by atoms with E-state index in [-0.39, 0.29) is 5.69 Å². The summed E-state index contributed by atoms with van der Waals surface area (Å²) in [6, 6.07) is 3.70. The van der Waals surface area contributed by atoms with Crippen molar-refractivity contribution in [2.45, 2.75) is 18.6 Å². The van der Waals surface area contributed by atoms with Crippen LogP contribution in [-0.4, -0.2) is 22.6 Å². The first kappa shape index (κ1) is 14.9. The molecule has 1 atom stereocenters. The molecule has 8 heteroatoms. The van der Waals surface area contributed by atoms with E-state index in [1.807, 2.05) is 6.92 Å². The molecule has 0 saturated carbocycles. The number of hydrogen-bond donors (Lipinski definition) is 1. The molecule has 116 valence electrons. The Morgan fingerprint density at radius 3 is 2.68 bits per heavy atom. The third kappa shape index (κ3) is 2.45. The van der Waals surface area contributed by atoms with E-state index in [1.54, 1.807) is 17.2 Å². The van der Waals surface area contributed by atoms with Gasteiger partial charge in [0.05, 0.1) is 12.1 Å². The number of allylic oxidation sites excluding steroid dienone is 1. The number of anilines is 1. The maximum absolute atomic E-state index is 12.8. The number of nitrogen functional groups attached to an aromatic ring is 1. The number of halogens is 4. The zero-order valence-electron chi connectivity index (χ0n) is 11.5. The Kier molecular flexibility index (Phi) is 3.21. The standard InChI is InChI=1S/C14H12ClF3N4/c1-13(7-22-12(20-13)5-4-11(15)21-22)8-2-3-9(10(19)6-8)14(16,17)18/h2-6H,7,19H2,1H3. The van der Waals surface area contributed by atoms with Crippen molar-refractivity contribution >= 4 is 28.3 Å². The van der Waals surface area contributed by atoms with Crippen LogP contribution in [0.2, 0.25) is 0 Å². The largest absolute Gasteiger partial charge is 0.418 e. The molecule has 4 nitrogen and oxygen atoms in total. The molecule has 2 heterocycles. The molecule has 2 aliphatic rings. The number of nitrogens with zero attached hydrogens (tertiary/aromatic N) is 3. The smallest absolute Gasteiger partial charge is 0.398 e. The van der Waals surface area contributed by atoms with Crippen LogP contribution in [0, 0.1) is 0 Å². The van der Waals surface area contributed by atoms with Gasteiger partial charge in [-0.2, -0.15) is 18.3 Å². The fraction of sp³-hybridized carbons (Fsp3) is 0.286. The van der Waals surface area contributed by atoms with Gasteiger partial charge in [-0.3, -0.25) is 4.99 Å². The summed E-state index contributed by atoms with van der Waals surface area (Å²) in [4.78, 5) is 4.53. The van der Waals surface area contributed by atoms with E-state index in [9.17, 15) is 13.2 Å². The number of nitrogens with two attached hydrogens (primary N) is 1. The summed E-state index contributed by atoms with van der Waals surface area (Å²) < 4.78 is 38.3. The molecule has 22 heavy (non-hydrogen) atoms. The molecule has 2 aliphatic heterocycles. The van der Waals surface area contributed by atoms with Crippen molar-refractivity contribution in [1.29, 1.82) is 0 Å². The van der Waals surface area contributed by atoms with Crippen molar-refractivity contribution in [3.8, 4) is 0 Å². The summed E-state index contributed by atoms with van der Waals surface area (Å²) in [5.74, 6) is 0.616. The number of alkyl halides is 3. The fourth-order valence-electron chi connectivity index (χ4n) is 2.53. The highest BCUT2D eigenvalue weighted by molar-refractivity contribution is 6.68. The van der Waals surface area contributed by atoms with Crippen LogP contribution in [-0.2, 0) is 11.7 Å². The fourth-order valence-corrected chi connectivity index (χ4v) is 2.69. The van der Waals surface area contributed by atoms with Gasteiger partial charge in [0.2, 0.25) is 0 Å². The topological polar surface area (TPSA) is 54.0 Å². The van der Waals surface area contributed by atoms with Gasteiger partial charge in [-0.05, 0) is 36.8 Å². The van der Waals surface area contributed by atoms with Gasteiger partial charge < -0.3 is 5.73 Å². The number of hydrazone groups is 1. The summed E-state index contributed by atoms with van der Waals surface area (Å²) in [6.45, 7) is 2.20. The Morgan fingerprint density at radius 2 is 2.05 bits per heavy atom. The quantitative estimate of drug-likeness (QED) is 0.804. The monoisotopic (exact) mass is 328 g/mol. The molecule has 0 amide bonds. The van der Waals surface area contributed by atoms with E-state index in [0.29, 0.717) is 23.1 Å². The van der Waals surface area contributed by atoms with Gasteiger partial charge in [0, 0.05) is 5.69 Å². The third-order valence-electron chi connectivity index (χ3n) is 3.65. The Morgan fingerprint density at radius 1 is 1.32 bits per heavy atom. The average Bonchev–Trinajstić information content (AvgIpc) is 2.74. The number of rotatable bonds is 1. The lowest BCUT2D eigenvalue weighted by molar-refractivity contribution is -0.136. The number of aliphatic imine (C=N–C) groups is 1. The molecule has 0 radical (unpaired) electrons. The summed E-state index contributed by atoms with van der Waals surface area (Å²) in [6.07, 6.45) is -1.14. The molecule has 1 unspecified atom stereocenters. The van der Waals surface area contributed by atoms with Crippen molar-refractivity contribution < 1.29 is 13.2 Å². The molecule has 1 aromatic carbocycles. The molecule has 0 aliphatic carbocycles. The van der Waals surface area contributed by atoms with E-state index >= 15 is 0 Å². The molecule has 0 bridgehead atoms. The summed E-state index contributed by atoms with van der Waals surface area (Å²) in [7, 11) is 0. The van der Waals surface area contributed by atoms with E-state index in [2.05, 4.69) is 10.1 Å². The van der Waals surface area contributed by atoms with Crippen LogP contribution in [0.15, 0.2) is 40.4 Å². The minimum absolute atomic E-state index is 0.312. The lowest BCUT2D eigenvalue weighted by atomic mass is 9.91. The van der Waals surface area contributed by atoms with Gasteiger partial charge in [-0.1, -0.05) is 17.7 Å². The highest BCUT2D eigenvalue weighted by atomic mass is 35.5. The van der Waals surface area contributed by atoms with E-state index in [4.69, 9.17) is 17.3 Å². The first-order valence-corrected chi connectivity index (χ1v) is 6.84. The van der Waals surface area contributed by atoms with Crippen molar-refractivity contribution in [2.24, 2.45) is 10.1 Å². The van der Waals surface area contributed by atoms with Crippen LogP contribution < -0.4 is 5.73 Å². The second-order valence-corrected chi connectivity index (χ2v) is 5.74. The van der Waals surface area contributed by atoms with E-state index < -0.39 is 17.3 Å². The molecule has 0 saturated heterocycles. The summed E-state index contributed by atoms with van der Waals surface area (Å²) in [5, 5.41) is 6.08. The lowest BCUT2D eigenvalue weighted by Gasteiger charge is -2.24. The van der Waals surface area contributed by atoms with Crippen molar-refractivity contribution in [2.75, 3.05) is 12.3 Å². The Balaban J connectivity index is 1.97. The number of fused-ring (bicyclic) bond motifs is 1. The zero-order chi connectivity index (χ0) is 16.1. The third-order valence-corrected chi connectivity index (χ3v) is 3.85. The highest BCUT2D eigenvalue weighted by Crippen LogP contribution is 2.38. The molecule has 0 fully saturated rings. The SMILES string of the molecule is CC1(c2ccc(C(F)(F)F)c(N)c2)CN2N=C(Cl)C=CC2=N1. The molecule has 1 aromatic rings. The molecule has 3 rings (SSSR count). The van der Waals surface area contributed by atoms with Gasteiger partial charge in [0.1, 0.15) is 16.5 Å². The number of benzene rings is 1. The van der Waals surface area contributed by atoms with Crippen molar-refractivity contribution in [1.82, 2.24) is 5.01 Å². The predicted octanol–water partition coefficient (Wildman–Crippen LogP) is 3.34. The minimum atomic E-state index is -4.47. The molecule has 0 spiro atoms. The van der Waals surface area contributed by atoms with Crippen LogP contribution in [0.5, 0.6) is 0 Å². The van der Waals surface area contributed by atoms with Gasteiger partial charge in [0.15, 0.2) is 0 Å². The maximum Gasteiger partial charge on any atom is 0.418 e. The van der Waals surface area contributed by atoms with Crippen LogP contribution in [0.4, 0.5) is 18.9 Å². The van der Waals surface area contributed by atoms with E-state index in [0.717, 1.165) is 6.07 Å². The Bertz CT molecular complexity index is 723. The van der Waals surface area contributed by atoms with Crippen molar-refractivity contribution in [3.05, 3.63) is 41.5 Å². The molecule has 0 aromatic heterocycles. The van der Waals surface area contributed by atoms with Gasteiger partial charge in [-0.25, -0.2) is 5.01 Å². The van der Waals surface area contributed by atoms with Gasteiger partial charge in [-0.15, -0.1) is 0 Å². The molecular weight excluding hydrogens is 317 g/mol. The van der Waals surface area contributed by atoms with Crippen molar-refractivity contribution in [3.63, 3.8) is 0 Å². The average molecular weight is 329 g/mol. The lowest BCUT2D eigenvalue weighted by Crippen LogP contribution is -2.30. The number of hydrogen-bond acceptors (Lipinski definition) is 4. The maximum atomic E-state index is 12.8. The second-order valence-electron chi connectivity index (χ2n) is 5.36. The van der Waals surface area contributed by atoms with Crippen LogP contribution in [0.3, 0.4) is 0 Å². The second kappa shape index (κ2) is 4.74. The Labute approximate surface area is 129 Å². The Hall–Kier alpha value is -2.02. The molecule has 2 N–H and O–H groups in total. The van der Waals surface area contributed by atoms with Crippen LogP contribution in [0.25, 0.3) is 0 Å². The van der Waals surface area contributed by atoms with Gasteiger partial charge >= 0.3 is 6.18 Å². The zero-order valence-corrected chi connectivity index (χ0v) is 12.3. The highest BCUT2D eigenvalue weighted by Gasteiger charge is 2.39. The van der Waals surface area contributed by atoms with Crippen LogP contribution in [0.1, 0.15) is 18.1 Å². The first-order valence-electron chi connectivity index (χ1n) is 6.46. The normalized spacial score (nSPS) is 24.1. The summed E-state index contributed by atoms with van der Waals surface area (Å²) in [5.41, 5.74) is 4.27. The first-order chi connectivity index (χ1) is 10.2. The summed E-state index contributed by atoms with van der Waals surface area (Å²) >= 11 is 5.84.